The molecule has 0 bridgehead atoms. The number of amides is 1. The number of hydrazone groups is 1. The van der Waals surface area contributed by atoms with Gasteiger partial charge in [-0.25, -0.2) is 10.2 Å². The highest BCUT2D eigenvalue weighted by Crippen LogP contribution is 2.10. The van der Waals surface area contributed by atoms with Crippen LogP contribution < -0.4 is 5.43 Å². The van der Waals surface area contributed by atoms with E-state index in [0.717, 1.165) is 0 Å². The van der Waals surface area contributed by atoms with Crippen molar-refractivity contribution in [3.63, 3.8) is 0 Å². The van der Waals surface area contributed by atoms with Gasteiger partial charge < -0.3 is 9.84 Å². The maximum Gasteiger partial charge on any atom is 0.354 e. The first kappa shape index (κ1) is 13.7. The number of rotatable bonds is 4. The number of nitrogens with zero attached hydrogens (tertiary/aromatic N) is 1. The van der Waals surface area contributed by atoms with E-state index >= 15 is 0 Å². The zero-order valence-corrected chi connectivity index (χ0v) is 10.1. The fraction of sp³-hybridized carbons (Fsp3) is 0.250. The molecular formula is C12H14N2O4. The lowest BCUT2D eigenvalue weighted by molar-refractivity contribution is -0.135. The molecule has 96 valence electrons. The number of phenolic OH excluding ortho intramolecular Hbond substituents is 1. The molecule has 1 aromatic rings. The molecule has 1 amide bonds. The number of aromatic hydroxyl groups is 1. The zero-order valence-electron chi connectivity index (χ0n) is 10.1. The van der Waals surface area contributed by atoms with E-state index in [4.69, 9.17) is 4.74 Å². The molecule has 0 aliphatic rings. The van der Waals surface area contributed by atoms with Crippen molar-refractivity contribution in [1.29, 1.82) is 0 Å². The van der Waals surface area contributed by atoms with Crippen LogP contribution in [-0.4, -0.2) is 29.3 Å². The monoisotopic (exact) mass is 250 g/mol. The Morgan fingerprint density at radius 1 is 1.44 bits per heavy atom. The average molecular weight is 250 g/mol. The maximum atomic E-state index is 11.6. The molecule has 1 aromatic carbocycles. The maximum absolute atomic E-state index is 11.6. The molecule has 0 saturated heterocycles. The Morgan fingerprint density at radius 3 is 2.78 bits per heavy atom. The number of benzene rings is 1. The minimum atomic E-state index is -0.589. The first-order chi connectivity index (χ1) is 8.54. The second kappa shape index (κ2) is 6.39. The topological polar surface area (TPSA) is 88.0 Å². The Balaban J connectivity index is 2.66. The van der Waals surface area contributed by atoms with Gasteiger partial charge in [-0.3, -0.25) is 4.79 Å². The molecule has 0 aliphatic carbocycles. The minimum Gasteiger partial charge on any atom is -0.508 e. The zero-order chi connectivity index (χ0) is 13.5. The Kier molecular flexibility index (Phi) is 4.86. The smallest absolute Gasteiger partial charge is 0.354 e. The lowest BCUT2D eigenvalue weighted by Gasteiger charge is -2.03. The van der Waals surface area contributed by atoms with Crippen molar-refractivity contribution in [2.45, 2.75) is 13.8 Å². The van der Waals surface area contributed by atoms with Crippen LogP contribution in [0.1, 0.15) is 24.2 Å². The van der Waals surface area contributed by atoms with Gasteiger partial charge in [0.1, 0.15) is 11.5 Å². The molecule has 0 aliphatic heterocycles. The molecular weight excluding hydrogens is 236 g/mol. The van der Waals surface area contributed by atoms with E-state index in [1.165, 1.54) is 31.2 Å². The fourth-order valence-electron chi connectivity index (χ4n) is 1.13. The standard InChI is InChI=1S/C12H14N2O4/c1-3-18-12(17)8(2)13-14-11(16)9-5-4-6-10(15)7-9/h4-7,15H,3H2,1-2H3,(H,14,16)/b13-8-. The molecule has 0 unspecified atom stereocenters. The van der Waals surface area contributed by atoms with Crippen molar-refractivity contribution < 1.29 is 19.4 Å². The summed E-state index contributed by atoms with van der Waals surface area (Å²) in [7, 11) is 0. The van der Waals surface area contributed by atoms with E-state index in [1.807, 2.05) is 0 Å². The number of carbonyl (C=O) groups excluding carboxylic acids is 2. The molecule has 0 atom stereocenters. The summed E-state index contributed by atoms with van der Waals surface area (Å²) < 4.78 is 4.70. The summed E-state index contributed by atoms with van der Waals surface area (Å²) in [6.45, 7) is 3.35. The van der Waals surface area contributed by atoms with Gasteiger partial charge in [-0.15, -0.1) is 0 Å². The van der Waals surface area contributed by atoms with Crippen LogP contribution >= 0.6 is 0 Å². The van der Waals surface area contributed by atoms with Gasteiger partial charge in [-0.05, 0) is 32.0 Å². The Bertz CT molecular complexity index is 483. The summed E-state index contributed by atoms with van der Waals surface area (Å²) >= 11 is 0. The summed E-state index contributed by atoms with van der Waals surface area (Å²) in [6, 6.07) is 5.80. The first-order valence-electron chi connectivity index (χ1n) is 5.35. The molecule has 18 heavy (non-hydrogen) atoms. The van der Waals surface area contributed by atoms with Crippen molar-refractivity contribution in [3.8, 4) is 5.75 Å². The van der Waals surface area contributed by atoms with E-state index < -0.39 is 11.9 Å². The number of esters is 1. The third kappa shape index (κ3) is 3.89. The molecule has 0 fully saturated rings. The molecule has 0 radical (unpaired) electrons. The summed E-state index contributed by atoms with van der Waals surface area (Å²) in [5.41, 5.74) is 2.49. The molecule has 0 saturated carbocycles. The van der Waals surface area contributed by atoms with Gasteiger partial charge in [-0.1, -0.05) is 6.07 Å². The van der Waals surface area contributed by atoms with Gasteiger partial charge >= 0.3 is 5.97 Å². The molecule has 6 heteroatoms. The molecule has 6 nitrogen and oxygen atoms in total. The van der Waals surface area contributed by atoms with Crippen LogP contribution in [0.15, 0.2) is 29.4 Å². The summed E-state index contributed by atoms with van der Waals surface area (Å²) in [5, 5.41) is 12.8. The number of carbonyl (C=O) groups is 2. The van der Waals surface area contributed by atoms with Gasteiger partial charge in [0.25, 0.3) is 5.91 Å². The Morgan fingerprint density at radius 2 is 2.17 bits per heavy atom. The largest absolute Gasteiger partial charge is 0.508 e. The number of phenols is 1. The second-order valence-corrected chi connectivity index (χ2v) is 3.41. The van der Waals surface area contributed by atoms with E-state index in [9.17, 15) is 14.7 Å². The lowest BCUT2D eigenvalue weighted by Crippen LogP contribution is -2.23. The predicted octanol–water partition coefficient (Wildman–Crippen LogP) is 1.06. The van der Waals surface area contributed by atoms with Crippen LogP contribution in [0.5, 0.6) is 5.75 Å². The SMILES string of the molecule is CCOC(=O)/C(C)=N\NC(=O)c1cccc(O)c1. The second-order valence-electron chi connectivity index (χ2n) is 3.41. The normalized spacial score (nSPS) is 10.9. The third-order valence-electron chi connectivity index (χ3n) is 2.00. The lowest BCUT2D eigenvalue weighted by atomic mass is 10.2. The van der Waals surface area contributed by atoms with Gasteiger partial charge in [0.15, 0.2) is 0 Å². The highest BCUT2D eigenvalue weighted by atomic mass is 16.5. The number of nitrogens with one attached hydrogen (secondary N) is 1. The summed E-state index contributed by atoms with van der Waals surface area (Å²) in [5.74, 6) is -1.13. The van der Waals surface area contributed by atoms with Crippen LogP contribution in [0.3, 0.4) is 0 Å². The number of hydrogen-bond donors (Lipinski definition) is 2. The van der Waals surface area contributed by atoms with Gasteiger partial charge in [0.05, 0.1) is 6.61 Å². The molecule has 2 N–H and O–H groups in total. The Hall–Kier alpha value is -2.37. The average Bonchev–Trinajstić information content (AvgIpc) is 2.35. The van der Waals surface area contributed by atoms with E-state index in [-0.39, 0.29) is 23.6 Å². The van der Waals surface area contributed by atoms with Crippen molar-refractivity contribution in [2.75, 3.05) is 6.61 Å². The van der Waals surface area contributed by atoms with Gasteiger partial charge in [0.2, 0.25) is 0 Å². The van der Waals surface area contributed by atoms with Crippen LogP contribution in [0.25, 0.3) is 0 Å². The van der Waals surface area contributed by atoms with Crippen LogP contribution in [-0.2, 0) is 9.53 Å². The third-order valence-corrected chi connectivity index (χ3v) is 2.00. The molecule has 0 aromatic heterocycles. The number of hydrogen-bond acceptors (Lipinski definition) is 5. The number of ether oxygens (including phenoxy) is 1. The first-order valence-corrected chi connectivity index (χ1v) is 5.35. The van der Waals surface area contributed by atoms with Gasteiger partial charge in [-0.2, -0.15) is 5.10 Å². The minimum absolute atomic E-state index is 0.0197. The van der Waals surface area contributed by atoms with E-state index in [2.05, 4.69) is 10.5 Å². The van der Waals surface area contributed by atoms with Crippen molar-refractivity contribution in [1.82, 2.24) is 5.43 Å². The predicted molar refractivity (Wildman–Crippen MR) is 65.3 cm³/mol. The quantitative estimate of drug-likeness (QED) is 0.475. The molecule has 1 rings (SSSR count). The summed E-state index contributed by atoms with van der Waals surface area (Å²) in [6.07, 6.45) is 0. The molecule has 0 spiro atoms. The van der Waals surface area contributed by atoms with Crippen LogP contribution in [0.4, 0.5) is 0 Å². The summed E-state index contributed by atoms with van der Waals surface area (Å²) in [4.78, 5) is 22.8. The molecule has 0 heterocycles. The highest BCUT2D eigenvalue weighted by Gasteiger charge is 2.09. The van der Waals surface area contributed by atoms with Crippen molar-refractivity contribution >= 4 is 17.6 Å². The fourth-order valence-corrected chi connectivity index (χ4v) is 1.13. The van der Waals surface area contributed by atoms with Crippen LogP contribution in [0, 0.1) is 0 Å². The van der Waals surface area contributed by atoms with Crippen LogP contribution in [0.2, 0.25) is 0 Å². The van der Waals surface area contributed by atoms with Crippen molar-refractivity contribution in [2.24, 2.45) is 5.10 Å². The Labute approximate surface area is 104 Å². The highest BCUT2D eigenvalue weighted by molar-refractivity contribution is 6.35. The van der Waals surface area contributed by atoms with Gasteiger partial charge in [0, 0.05) is 5.56 Å². The van der Waals surface area contributed by atoms with E-state index in [0.29, 0.717) is 0 Å². The van der Waals surface area contributed by atoms with Crippen molar-refractivity contribution in [3.05, 3.63) is 29.8 Å². The van der Waals surface area contributed by atoms with E-state index in [1.54, 1.807) is 6.92 Å².